The van der Waals surface area contributed by atoms with Gasteiger partial charge in [0.1, 0.15) is 0 Å². The summed E-state index contributed by atoms with van der Waals surface area (Å²) in [6.07, 6.45) is 5.31. The summed E-state index contributed by atoms with van der Waals surface area (Å²) in [5.74, 6) is 0.0276. The number of aromatic nitrogens is 1. The lowest BCUT2D eigenvalue weighted by atomic mass is 10.0. The van der Waals surface area contributed by atoms with Crippen molar-refractivity contribution in [2.45, 2.75) is 6.04 Å². The molecule has 1 saturated heterocycles. The summed E-state index contributed by atoms with van der Waals surface area (Å²) in [6.45, 7) is 1.67. The largest absolute Gasteiger partial charge is 0.472 e. The van der Waals surface area contributed by atoms with Gasteiger partial charge in [0.15, 0.2) is 0 Å². The Bertz CT molecular complexity index is 867. The summed E-state index contributed by atoms with van der Waals surface area (Å²) in [7, 11) is 1.99. The first-order valence-corrected chi connectivity index (χ1v) is 8.36. The van der Waals surface area contributed by atoms with Crippen molar-refractivity contribution in [3.05, 3.63) is 72.4 Å². The third kappa shape index (κ3) is 2.98. The second-order valence-corrected chi connectivity index (χ2v) is 6.23. The number of hydrogen-bond acceptors (Lipinski definition) is 3. The second kappa shape index (κ2) is 6.61. The number of hydrogen-bond donors (Lipinski definition) is 0. The SMILES string of the molecule is Cn1cccc1[C@@H]1COCCN1C(=O)c1cccc(-c2ccoc2)c1. The molecule has 0 bridgehead atoms. The number of carbonyl (C=O) groups excluding carboxylic acids is 1. The van der Waals surface area contributed by atoms with Crippen molar-refractivity contribution in [2.24, 2.45) is 7.05 Å². The first kappa shape index (κ1) is 15.7. The lowest BCUT2D eigenvalue weighted by Gasteiger charge is -2.36. The Balaban J connectivity index is 1.65. The monoisotopic (exact) mass is 336 g/mol. The fourth-order valence-corrected chi connectivity index (χ4v) is 3.34. The molecule has 1 atom stereocenters. The molecule has 0 N–H and O–H groups in total. The van der Waals surface area contributed by atoms with Crippen LogP contribution in [0, 0.1) is 0 Å². The molecule has 1 fully saturated rings. The summed E-state index contributed by atoms with van der Waals surface area (Å²) in [6, 6.07) is 13.5. The third-order valence-electron chi connectivity index (χ3n) is 4.68. The number of benzene rings is 1. The van der Waals surface area contributed by atoms with E-state index in [2.05, 4.69) is 0 Å². The fraction of sp³-hybridized carbons (Fsp3) is 0.250. The number of amides is 1. The summed E-state index contributed by atoms with van der Waals surface area (Å²) < 4.78 is 12.8. The van der Waals surface area contributed by atoms with Crippen LogP contribution in [0.2, 0.25) is 0 Å². The van der Waals surface area contributed by atoms with E-state index in [0.29, 0.717) is 25.3 Å². The number of rotatable bonds is 3. The average molecular weight is 336 g/mol. The maximum atomic E-state index is 13.2. The van der Waals surface area contributed by atoms with E-state index in [1.807, 2.05) is 65.2 Å². The molecule has 1 aromatic carbocycles. The molecule has 3 heterocycles. The Morgan fingerprint density at radius 2 is 2.08 bits per heavy atom. The number of nitrogens with zero attached hydrogens (tertiary/aromatic N) is 2. The summed E-state index contributed by atoms with van der Waals surface area (Å²) in [4.78, 5) is 15.1. The van der Waals surface area contributed by atoms with E-state index >= 15 is 0 Å². The van der Waals surface area contributed by atoms with Gasteiger partial charge in [-0.1, -0.05) is 12.1 Å². The van der Waals surface area contributed by atoms with Gasteiger partial charge in [-0.3, -0.25) is 4.79 Å². The Morgan fingerprint density at radius 1 is 1.16 bits per heavy atom. The maximum Gasteiger partial charge on any atom is 0.254 e. The van der Waals surface area contributed by atoms with E-state index in [-0.39, 0.29) is 11.9 Å². The molecule has 2 aromatic heterocycles. The van der Waals surface area contributed by atoms with Gasteiger partial charge in [0.2, 0.25) is 0 Å². The molecule has 5 nitrogen and oxygen atoms in total. The lowest BCUT2D eigenvalue weighted by molar-refractivity contribution is -0.00463. The van der Waals surface area contributed by atoms with E-state index in [9.17, 15) is 4.79 Å². The molecule has 1 amide bonds. The maximum absolute atomic E-state index is 13.2. The van der Waals surface area contributed by atoms with E-state index in [4.69, 9.17) is 9.15 Å². The van der Waals surface area contributed by atoms with Crippen molar-refractivity contribution in [1.82, 2.24) is 9.47 Å². The van der Waals surface area contributed by atoms with E-state index in [0.717, 1.165) is 16.8 Å². The van der Waals surface area contributed by atoms with Crippen LogP contribution in [0.4, 0.5) is 0 Å². The summed E-state index contributed by atoms with van der Waals surface area (Å²) in [5.41, 5.74) is 3.71. The highest BCUT2D eigenvalue weighted by atomic mass is 16.5. The normalized spacial score (nSPS) is 17.6. The highest BCUT2D eigenvalue weighted by molar-refractivity contribution is 5.95. The smallest absolute Gasteiger partial charge is 0.254 e. The van der Waals surface area contributed by atoms with Crippen molar-refractivity contribution >= 4 is 5.91 Å². The van der Waals surface area contributed by atoms with Crippen molar-refractivity contribution in [3.63, 3.8) is 0 Å². The van der Waals surface area contributed by atoms with E-state index in [1.54, 1.807) is 12.5 Å². The van der Waals surface area contributed by atoms with Crippen LogP contribution in [0.25, 0.3) is 11.1 Å². The van der Waals surface area contributed by atoms with Gasteiger partial charge in [0, 0.05) is 36.6 Å². The van der Waals surface area contributed by atoms with Crippen LogP contribution in [0.1, 0.15) is 22.1 Å². The molecule has 128 valence electrons. The van der Waals surface area contributed by atoms with Gasteiger partial charge >= 0.3 is 0 Å². The van der Waals surface area contributed by atoms with Crippen molar-refractivity contribution < 1.29 is 13.9 Å². The minimum absolute atomic E-state index is 0.0276. The number of furan rings is 1. The zero-order valence-electron chi connectivity index (χ0n) is 14.1. The molecule has 4 rings (SSSR count). The zero-order chi connectivity index (χ0) is 17.2. The minimum atomic E-state index is -0.0705. The highest BCUT2D eigenvalue weighted by Crippen LogP contribution is 2.27. The molecular formula is C20H20N2O3. The van der Waals surface area contributed by atoms with Crippen LogP contribution in [0.5, 0.6) is 0 Å². The Kier molecular flexibility index (Phi) is 4.15. The highest BCUT2D eigenvalue weighted by Gasteiger charge is 2.30. The van der Waals surface area contributed by atoms with Gasteiger partial charge in [-0.15, -0.1) is 0 Å². The first-order chi connectivity index (χ1) is 12.2. The van der Waals surface area contributed by atoms with Gasteiger partial charge < -0.3 is 18.6 Å². The molecule has 3 aromatic rings. The first-order valence-electron chi connectivity index (χ1n) is 8.36. The number of morpholine rings is 1. The quantitative estimate of drug-likeness (QED) is 0.735. The van der Waals surface area contributed by atoms with Crippen LogP contribution in [-0.2, 0) is 11.8 Å². The number of carbonyl (C=O) groups is 1. The predicted molar refractivity (Wildman–Crippen MR) is 94.2 cm³/mol. The van der Waals surface area contributed by atoms with E-state index < -0.39 is 0 Å². The lowest BCUT2D eigenvalue weighted by Crippen LogP contribution is -2.44. The minimum Gasteiger partial charge on any atom is -0.472 e. The molecule has 0 aliphatic carbocycles. The van der Waals surface area contributed by atoms with Crippen molar-refractivity contribution in [3.8, 4) is 11.1 Å². The predicted octanol–water partition coefficient (Wildman–Crippen LogP) is 3.50. The van der Waals surface area contributed by atoms with Gasteiger partial charge in [-0.25, -0.2) is 0 Å². The molecule has 0 saturated carbocycles. The van der Waals surface area contributed by atoms with Crippen LogP contribution in [-0.4, -0.2) is 35.1 Å². The molecule has 25 heavy (non-hydrogen) atoms. The van der Waals surface area contributed by atoms with Crippen molar-refractivity contribution in [2.75, 3.05) is 19.8 Å². The molecule has 0 spiro atoms. The van der Waals surface area contributed by atoms with E-state index in [1.165, 1.54) is 0 Å². The third-order valence-corrected chi connectivity index (χ3v) is 4.68. The molecular weight excluding hydrogens is 316 g/mol. The fourth-order valence-electron chi connectivity index (χ4n) is 3.34. The molecule has 0 radical (unpaired) electrons. The number of ether oxygens (including phenoxy) is 1. The van der Waals surface area contributed by atoms with Crippen LogP contribution < -0.4 is 0 Å². The van der Waals surface area contributed by atoms with Crippen molar-refractivity contribution in [1.29, 1.82) is 0 Å². The van der Waals surface area contributed by atoms with Crippen LogP contribution in [0.15, 0.2) is 65.6 Å². The average Bonchev–Trinajstić information content (AvgIpc) is 3.33. The topological polar surface area (TPSA) is 47.6 Å². The summed E-state index contributed by atoms with van der Waals surface area (Å²) in [5, 5.41) is 0. The van der Waals surface area contributed by atoms with Crippen LogP contribution >= 0.6 is 0 Å². The molecule has 0 unspecified atom stereocenters. The van der Waals surface area contributed by atoms with Crippen LogP contribution in [0.3, 0.4) is 0 Å². The second-order valence-electron chi connectivity index (χ2n) is 6.23. The Hall–Kier alpha value is -2.79. The van der Waals surface area contributed by atoms with Gasteiger partial charge in [-0.05, 0) is 35.9 Å². The Morgan fingerprint density at radius 3 is 2.84 bits per heavy atom. The Labute approximate surface area is 146 Å². The summed E-state index contributed by atoms with van der Waals surface area (Å²) >= 11 is 0. The number of aryl methyl sites for hydroxylation is 1. The molecule has 1 aliphatic heterocycles. The molecule has 5 heteroatoms. The van der Waals surface area contributed by atoms with Gasteiger partial charge in [-0.2, -0.15) is 0 Å². The van der Waals surface area contributed by atoms with Gasteiger partial charge in [0.05, 0.1) is 31.8 Å². The standard InChI is InChI=1S/C20H20N2O3/c1-21-8-3-6-18(21)19-14-25-11-9-22(19)20(23)16-5-2-4-15(12-16)17-7-10-24-13-17/h2-8,10,12-13,19H,9,11,14H2,1H3/t19-/m0/s1. The van der Waals surface area contributed by atoms with Gasteiger partial charge in [0.25, 0.3) is 5.91 Å². The zero-order valence-corrected chi connectivity index (χ0v) is 14.1. The molecule has 1 aliphatic rings.